The lowest BCUT2D eigenvalue weighted by atomic mass is 9.87. The Bertz CT molecular complexity index is 1210. The normalized spacial score (nSPS) is 19.8. The molecule has 29 heavy (non-hydrogen) atoms. The summed E-state index contributed by atoms with van der Waals surface area (Å²) in [5.41, 5.74) is 7.74. The molecule has 0 spiro atoms. The summed E-state index contributed by atoms with van der Waals surface area (Å²) in [7, 11) is -2.50. The molecule has 148 valence electrons. The van der Waals surface area contributed by atoms with Crippen molar-refractivity contribution in [2.75, 3.05) is 18.0 Å². The Morgan fingerprint density at radius 3 is 2.62 bits per heavy atom. The van der Waals surface area contributed by atoms with Crippen LogP contribution >= 0.6 is 0 Å². The first kappa shape index (κ1) is 18.9. The van der Waals surface area contributed by atoms with E-state index in [4.69, 9.17) is 15.2 Å². The molecule has 8 heteroatoms. The number of anilines is 1. The van der Waals surface area contributed by atoms with Crippen molar-refractivity contribution < 1.29 is 17.9 Å². The van der Waals surface area contributed by atoms with E-state index >= 15 is 0 Å². The van der Waals surface area contributed by atoms with Gasteiger partial charge in [-0.2, -0.15) is 5.26 Å². The van der Waals surface area contributed by atoms with Crippen LogP contribution in [0.3, 0.4) is 0 Å². The van der Waals surface area contributed by atoms with E-state index in [9.17, 15) is 13.7 Å². The van der Waals surface area contributed by atoms with E-state index in [1.165, 1.54) is 11.4 Å². The van der Waals surface area contributed by atoms with Gasteiger partial charge in [0, 0.05) is 18.2 Å². The van der Waals surface area contributed by atoms with E-state index in [0.29, 0.717) is 29.2 Å². The maximum atomic E-state index is 13.5. The summed E-state index contributed by atoms with van der Waals surface area (Å²) in [5, 5.41) is 9.80. The number of nitrogens with two attached hydrogens (primary N) is 1. The Morgan fingerprint density at radius 2 is 1.90 bits per heavy atom. The summed E-state index contributed by atoms with van der Waals surface area (Å²) < 4.78 is 39.7. The molecule has 0 bridgehead atoms. The van der Waals surface area contributed by atoms with Gasteiger partial charge in [-0.15, -0.1) is 0 Å². The molecule has 2 aromatic rings. The average molecular weight is 409 g/mol. The molecule has 0 unspecified atom stereocenters. The molecule has 2 heterocycles. The molecule has 0 saturated heterocycles. The van der Waals surface area contributed by atoms with Crippen LogP contribution in [0.1, 0.15) is 24.0 Å². The third-order valence-corrected chi connectivity index (χ3v) is 6.92. The monoisotopic (exact) mass is 409 g/mol. The molecule has 0 aromatic heterocycles. The topological polar surface area (TPSA) is 106 Å². The molecule has 2 aliphatic rings. The van der Waals surface area contributed by atoms with Crippen molar-refractivity contribution in [3.8, 4) is 11.8 Å². The first-order valence-electron chi connectivity index (χ1n) is 9.03. The van der Waals surface area contributed by atoms with Gasteiger partial charge < -0.3 is 15.2 Å². The molecule has 0 fully saturated rings. The van der Waals surface area contributed by atoms with Gasteiger partial charge in [-0.3, -0.25) is 4.31 Å². The molecule has 4 rings (SSSR count). The third-order valence-electron chi connectivity index (χ3n) is 5.03. The van der Waals surface area contributed by atoms with Crippen molar-refractivity contribution in [2.45, 2.75) is 12.8 Å². The Hall–Kier alpha value is -3.44. The van der Waals surface area contributed by atoms with Crippen molar-refractivity contribution >= 4 is 21.5 Å². The largest absolute Gasteiger partial charge is 0.494 e. The van der Waals surface area contributed by atoms with E-state index in [1.807, 2.05) is 13.0 Å². The fourth-order valence-corrected chi connectivity index (χ4v) is 5.35. The molecular weight excluding hydrogens is 390 g/mol. The molecule has 7 nitrogen and oxygen atoms in total. The first-order valence-corrected chi connectivity index (χ1v) is 10.5. The maximum absolute atomic E-state index is 13.5. The van der Waals surface area contributed by atoms with Gasteiger partial charge in [0.15, 0.2) is 5.76 Å². The molecule has 2 aromatic carbocycles. The minimum Gasteiger partial charge on any atom is -0.494 e. The van der Waals surface area contributed by atoms with Crippen LogP contribution in [0.5, 0.6) is 5.75 Å². The van der Waals surface area contributed by atoms with Crippen molar-refractivity contribution in [1.82, 2.24) is 0 Å². The maximum Gasteiger partial charge on any atom is 0.264 e. The lowest BCUT2D eigenvalue weighted by Gasteiger charge is -2.36. The molecule has 0 saturated carbocycles. The van der Waals surface area contributed by atoms with Gasteiger partial charge in [-0.1, -0.05) is 30.3 Å². The predicted molar refractivity (Wildman–Crippen MR) is 109 cm³/mol. The Morgan fingerprint density at radius 1 is 1.21 bits per heavy atom. The zero-order chi connectivity index (χ0) is 20.8. The van der Waals surface area contributed by atoms with E-state index < -0.39 is 15.9 Å². The smallest absolute Gasteiger partial charge is 0.264 e. The van der Waals surface area contributed by atoms with Gasteiger partial charge in [0.2, 0.25) is 5.88 Å². The standard InChI is InChI=1S/C21H19N3O4S/c1-3-27-17-11-7-5-9-14(17)18-15(12-22)21(23)28-19-13-8-4-6-10-16(13)24(2)29(25,26)20(18)19/h4-11,18H,3,23H2,1-2H3/t18-/m1/s1. The van der Waals surface area contributed by atoms with Gasteiger partial charge in [-0.25, -0.2) is 8.42 Å². The van der Waals surface area contributed by atoms with E-state index in [-0.39, 0.29) is 22.1 Å². The number of fused-ring (bicyclic) bond motifs is 2. The number of rotatable bonds is 3. The summed E-state index contributed by atoms with van der Waals surface area (Å²) in [4.78, 5) is -0.0170. The molecule has 2 N–H and O–H groups in total. The minimum atomic E-state index is -3.98. The number of sulfonamides is 1. The van der Waals surface area contributed by atoms with Crippen molar-refractivity contribution in [3.05, 3.63) is 76.0 Å². The fourth-order valence-electron chi connectivity index (χ4n) is 3.71. The van der Waals surface area contributed by atoms with Gasteiger partial charge in [-0.05, 0) is 25.1 Å². The SMILES string of the molecule is CCOc1ccccc1[C@@H]1C(C#N)=C(N)OC2=C1S(=O)(=O)N(C)c1ccccc12. The summed E-state index contributed by atoms with van der Waals surface area (Å²) in [5.74, 6) is -0.415. The number of benzene rings is 2. The zero-order valence-electron chi connectivity index (χ0n) is 15.9. The summed E-state index contributed by atoms with van der Waals surface area (Å²) >= 11 is 0. The minimum absolute atomic E-state index is 0.0170. The van der Waals surface area contributed by atoms with E-state index in [0.717, 1.165) is 0 Å². The van der Waals surface area contributed by atoms with Gasteiger partial charge in [0.05, 0.1) is 18.2 Å². The van der Waals surface area contributed by atoms with Crippen LogP contribution in [-0.2, 0) is 14.8 Å². The highest BCUT2D eigenvalue weighted by Gasteiger charge is 2.46. The number of nitriles is 1. The molecule has 0 aliphatic carbocycles. The van der Waals surface area contributed by atoms with Gasteiger partial charge >= 0.3 is 0 Å². The number of hydrogen-bond donors (Lipinski definition) is 1. The fraction of sp³-hybridized carbons (Fsp3) is 0.190. The predicted octanol–water partition coefficient (Wildman–Crippen LogP) is 3.04. The highest BCUT2D eigenvalue weighted by atomic mass is 32.2. The second-order valence-electron chi connectivity index (χ2n) is 6.58. The second kappa shape index (κ2) is 6.87. The van der Waals surface area contributed by atoms with Crippen LogP contribution in [-0.4, -0.2) is 22.1 Å². The van der Waals surface area contributed by atoms with Gasteiger partial charge in [0.1, 0.15) is 22.3 Å². The average Bonchev–Trinajstić information content (AvgIpc) is 2.72. The zero-order valence-corrected chi connectivity index (χ0v) is 16.7. The Kier molecular flexibility index (Phi) is 4.47. The van der Waals surface area contributed by atoms with Crippen molar-refractivity contribution in [3.63, 3.8) is 0 Å². The Labute approximate surface area is 169 Å². The van der Waals surface area contributed by atoms with Crippen LogP contribution in [0, 0.1) is 11.3 Å². The lowest BCUT2D eigenvalue weighted by molar-refractivity contribution is 0.333. The molecule has 2 aliphatic heterocycles. The van der Waals surface area contributed by atoms with Crippen molar-refractivity contribution in [2.24, 2.45) is 5.73 Å². The summed E-state index contributed by atoms with van der Waals surface area (Å²) in [6, 6.07) is 16.1. The van der Waals surface area contributed by atoms with E-state index in [1.54, 1.807) is 48.5 Å². The third kappa shape index (κ3) is 2.74. The lowest BCUT2D eigenvalue weighted by Crippen LogP contribution is -2.37. The molecule has 1 atom stereocenters. The highest BCUT2D eigenvalue weighted by Crippen LogP contribution is 2.51. The summed E-state index contributed by atoms with van der Waals surface area (Å²) in [6.45, 7) is 2.23. The Balaban J connectivity index is 2.07. The number of allylic oxidation sites excluding steroid dienone is 2. The quantitative estimate of drug-likeness (QED) is 0.835. The highest BCUT2D eigenvalue weighted by molar-refractivity contribution is 7.96. The van der Waals surface area contributed by atoms with Crippen LogP contribution in [0.2, 0.25) is 0 Å². The number of para-hydroxylation sites is 2. The van der Waals surface area contributed by atoms with E-state index in [2.05, 4.69) is 0 Å². The van der Waals surface area contributed by atoms with Crippen LogP contribution in [0.4, 0.5) is 5.69 Å². The molecule has 0 amide bonds. The summed E-state index contributed by atoms with van der Waals surface area (Å²) in [6.07, 6.45) is 0. The van der Waals surface area contributed by atoms with Crippen molar-refractivity contribution in [1.29, 1.82) is 5.26 Å². The van der Waals surface area contributed by atoms with Crippen LogP contribution < -0.4 is 14.8 Å². The molecular formula is C21H19N3O4S. The van der Waals surface area contributed by atoms with Crippen LogP contribution in [0.15, 0.2) is 64.9 Å². The van der Waals surface area contributed by atoms with Crippen LogP contribution in [0.25, 0.3) is 5.76 Å². The number of nitrogens with zero attached hydrogens (tertiary/aromatic N) is 2. The number of hydrogen-bond acceptors (Lipinski definition) is 6. The van der Waals surface area contributed by atoms with Gasteiger partial charge in [0.25, 0.3) is 10.0 Å². The second-order valence-corrected chi connectivity index (χ2v) is 8.52. The first-order chi connectivity index (χ1) is 13.9. The molecule has 0 radical (unpaired) electrons. The number of ether oxygens (including phenoxy) is 2.